The number of hydrogen-bond acceptors (Lipinski definition) is 4. The van der Waals surface area contributed by atoms with Crippen molar-refractivity contribution in [2.24, 2.45) is 0 Å². The molecule has 0 saturated carbocycles. The number of ether oxygens (including phenoxy) is 2. The maximum absolute atomic E-state index is 12.3. The van der Waals surface area contributed by atoms with Crippen LogP contribution in [0.3, 0.4) is 0 Å². The Bertz CT molecular complexity index is 815. The van der Waals surface area contributed by atoms with Gasteiger partial charge in [-0.05, 0) is 55.5 Å². The Balaban J connectivity index is 2.86. The Morgan fingerprint density at radius 1 is 0.875 bits per heavy atom. The van der Waals surface area contributed by atoms with Gasteiger partial charge in [-0.2, -0.15) is 0 Å². The lowest BCUT2D eigenvalue weighted by atomic mass is 9.95. The fourth-order valence-corrected chi connectivity index (χ4v) is 3.15. The van der Waals surface area contributed by atoms with Crippen LogP contribution in [0, 0.1) is 27.7 Å². The van der Waals surface area contributed by atoms with Gasteiger partial charge in [-0.25, -0.2) is 9.59 Å². The SMILES string of the molecule is COC(=O)/C=C(/C(=O)OC)c1c(C)cc2c(C)cc(C)cc(C)c1-2. The highest BCUT2D eigenvalue weighted by atomic mass is 16.5. The number of rotatable bonds is 3. The average Bonchev–Trinajstić information content (AvgIpc) is 2.83. The average molecular weight is 326 g/mol. The number of methoxy groups -OCH3 is 2. The molecular formula is C20H22O4. The van der Waals surface area contributed by atoms with E-state index < -0.39 is 11.9 Å². The zero-order valence-electron chi connectivity index (χ0n) is 14.9. The summed E-state index contributed by atoms with van der Waals surface area (Å²) in [7, 11) is 2.58. The molecule has 126 valence electrons. The summed E-state index contributed by atoms with van der Waals surface area (Å²) >= 11 is 0. The second-order valence-corrected chi connectivity index (χ2v) is 5.96. The van der Waals surface area contributed by atoms with Gasteiger partial charge in [-0.1, -0.05) is 23.8 Å². The number of esters is 2. The third-order valence-electron chi connectivity index (χ3n) is 4.12. The Morgan fingerprint density at radius 3 is 2.08 bits per heavy atom. The Hall–Kier alpha value is -2.62. The summed E-state index contributed by atoms with van der Waals surface area (Å²) < 4.78 is 9.58. The third kappa shape index (κ3) is 3.18. The molecule has 2 rings (SSSR count). The highest BCUT2D eigenvalue weighted by Gasteiger charge is 2.25. The van der Waals surface area contributed by atoms with Gasteiger partial charge in [0.25, 0.3) is 0 Å². The number of fused-ring (bicyclic) bond motifs is 1. The lowest BCUT2D eigenvalue weighted by Crippen LogP contribution is -2.08. The Kier molecular flexibility index (Phi) is 5.07. The molecule has 0 amide bonds. The van der Waals surface area contributed by atoms with E-state index in [-0.39, 0.29) is 5.57 Å². The van der Waals surface area contributed by atoms with Crippen molar-refractivity contribution in [1.82, 2.24) is 0 Å². The van der Waals surface area contributed by atoms with E-state index in [1.807, 2.05) is 33.8 Å². The van der Waals surface area contributed by atoms with Gasteiger partial charge in [0.05, 0.1) is 19.8 Å². The quantitative estimate of drug-likeness (QED) is 0.637. The Labute approximate surface area is 142 Å². The van der Waals surface area contributed by atoms with Crippen molar-refractivity contribution in [1.29, 1.82) is 0 Å². The predicted molar refractivity (Wildman–Crippen MR) is 94.0 cm³/mol. The molecule has 0 aromatic rings. The largest absolute Gasteiger partial charge is 0.466 e. The van der Waals surface area contributed by atoms with Gasteiger partial charge >= 0.3 is 11.9 Å². The number of carbonyl (C=O) groups excluding carboxylic acids is 2. The topological polar surface area (TPSA) is 52.6 Å². The highest BCUT2D eigenvalue weighted by Crippen LogP contribution is 2.40. The molecule has 0 aliphatic heterocycles. The van der Waals surface area contributed by atoms with Crippen molar-refractivity contribution in [3.63, 3.8) is 0 Å². The van der Waals surface area contributed by atoms with Crippen molar-refractivity contribution in [2.75, 3.05) is 14.2 Å². The first-order chi connectivity index (χ1) is 11.3. The molecule has 2 aliphatic carbocycles. The van der Waals surface area contributed by atoms with E-state index in [2.05, 4.69) is 12.1 Å². The number of hydrogen-bond donors (Lipinski definition) is 0. The molecule has 4 nitrogen and oxygen atoms in total. The van der Waals surface area contributed by atoms with Crippen LogP contribution in [0.25, 0.3) is 16.7 Å². The monoisotopic (exact) mass is 326 g/mol. The minimum Gasteiger partial charge on any atom is -0.466 e. The maximum atomic E-state index is 12.3. The molecule has 0 atom stereocenters. The fourth-order valence-electron chi connectivity index (χ4n) is 3.15. The van der Waals surface area contributed by atoms with Gasteiger partial charge in [-0.15, -0.1) is 0 Å². The molecule has 4 heteroatoms. The lowest BCUT2D eigenvalue weighted by molar-refractivity contribution is -0.136. The molecule has 0 unspecified atom stereocenters. The number of aryl methyl sites for hydroxylation is 4. The van der Waals surface area contributed by atoms with Crippen LogP contribution in [-0.4, -0.2) is 26.2 Å². The van der Waals surface area contributed by atoms with Crippen LogP contribution in [0.2, 0.25) is 0 Å². The molecule has 0 radical (unpaired) electrons. The van der Waals surface area contributed by atoms with Gasteiger partial charge in [0, 0.05) is 11.6 Å². The summed E-state index contributed by atoms with van der Waals surface area (Å²) in [5, 5.41) is 0. The van der Waals surface area contributed by atoms with Crippen LogP contribution in [0.5, 0.6) is 0 Å². The van der Waals surface area contributed by atoms with Crippen molar-refractivity contribution in [3.05, 3.63) is 52.1 Å². The number of carbonyl (C=O) groups is 2. The van der Waals surface area contributed by atoms with Crippen LogP contribution in [-0.2, 0) is 19.1 Å². The summed E-state index contributed by atoms with van der Waals surface area (Å²) in [4.78, 5) is 24.0. The van der Waals surface area contributed by atoms with Gasteiger partial charge in [-0.3, -0.25) is 0 Å². The van der Waals surface area contributed by atoms with Crippen molar-refractivity contribution >= 4 is 17.5 Å². The zero-order chi connectivity index (χ0) is 18.0. The van der Waals surface area contributed by atoms with Crippen LogP contribution >= 0.6 is 0 Å². The molecule has 0 bridgehead atoms. The van der Waals surface area contributed by atoms with Crippen molar-refractivity contribution in [3.8, 4) is 11.1 Å². The standard InChI is InChI=1S/C20H22O4/c1-11-7-12(2)15-9-14(4)19(18(15)13(3)8-11)16(20(22)24-6)10-17(21)23-5/h7-10H,1-6H3/b16-10+. The van der Waals surface area contributed by atoms with E-state index in [1.165, 1.54) is 20.3 Å². The molecule has 0 heterocycles. The van der Waals surface area contributed by atoms with Gasteiger partial charge in [0.2, 0.25) is 0 Å². The summed E-state index contributed by atoms with van der Waals surface area (Å²) in [6.07, 6.45) is 1.20. The summed E-state index contributed by atoms with van der Waals surface area (Å²) in [5.74, 6) is -1.15. The summed E-state index contributed by atoms with van der Waals surface area (Å²) in [6.45, 7) is 8.01. The lowest BCUT2D eigenvalue weighted by Gasteiger charge is -2.10. The molecule has 0 fully saturated rings. The van der Waals surface area contributed by atoms with Gasteiger partial charge in [0.15, 0.2) is 0 Å². The Morgan fingerprint density at radius 2 is 1.50 bits per heavy atom. The summed E-state index contributed by atoms with van der Waals surface area (Å²) in [5.41, 5.74) is 7.17. The molecule has 0 aromatic carbocycles. The molecular weight excluding hydrogens is 304 g/mol. The van der Waals surface area contributed by atoms with Crippen LogP contribution in [0.1, 0.15) is 27.8 Å². The molecule has 0 saturated heterocycles. The van der Waals surface area contributed by atoms with E-state index in [0.29, 0.717) is 0 Å². The van der Waals surface area contributed by atoms with Crippen molar-refractivity contribution in [2.45, 2.75) is 27.7 Å². The minimum absolute atomic E-state index is 0.211. The fraction of sp³-hybridized carbons (Fsp3) is 0.300. The van der Waals surface area contributed by atoms with Crippen LogP contribution < -0.4 is 0 Å². The summed E-state index contributed by atoms with van der Waals surface area (Å²) in [6, 6.07) is 6.23. The molecule has 2 aliphatic rings. The van der Waals surface area contributed by atoms with E-state index in [0.717, 1.165) is 38.9 Å². The predicted octanol–water partition coefficient (Wildman–Crippen LogP) is 3.75. The molecule has 24 heavy (non-hydrogen) atoms. The molecule has 0 aromatic heterocycles. The van der Waals surface area contributed by atoms with Crippen LogP contribution in [0.4, 0.5) is 0 Å². The second kappa shape index (κ2) is 6.87. The van der Waals surface area contributed by atoms with E-state index in [1.54, 1.807) is 0 Å². The second-order valence-electron chi connectivity index (χ2n) is 5.96. The van der Waals surface area contributed by atoms with Crippen molar-refractivity contribution < 1.29 is 19.1 Å². The van der Waals surface area contributed by atoms with E-state index in [4.69, 9.17) is 9.47 Å². The first-order valence-electron chi connectivity index (χ1n) is 7.69. The third-order valence-corrected chi connectivity index (χ3v) is 4.12. The first kappa shape index (κ1) is 17.7. The molecule has 0 N–H and O–H groups in total. The minimum atomic E-state index is -0.588. The zero-order valence-corrected chi connectivity index (χ0v) is 14.9. The normalized spacial score (nSPS) is 11.5. The van der Waals surface area contributed by atoms with Crippen LogP contribution in [0.15, 0.2) is 24.3 Å². The van der Waals surface area contributed by atoms with Gasteiger partial charge < -0.3 is 9.47 Å². The maximum Gasteiger partial charge on any atom is 0.338 e. The smallest absolute Gasteiger partial charge is 0.338 e. The van der Waals surface area contributed by atoms with Gasteiger partial charge in [0.1, 0.15) is 0 Å². The van der Waals surface area contributed by atoms with E-state index >= 15 is 0 Å². The highest BCUT2D eigenvalue weighted by molar-refractivity contribution is 6.23. The molecule has 0 spiro atoms. The van der Waals surface area contributed by atoms with E-state index in [9.17, 15) is 9.59 Å². The first-order valence-corrected chi connectivity index (χ1v) is 7.69.